The van der Waals surface area contributed by atoms with Crippen molar-refractivity contribution in [1.29, 1.82) is 0 Å². The standard InChI is InChI=1S/C22H22F2N6O2/c23-16-11-19(32-9-8-30-6-1-2-7-30)17(24)10-15(16)18-13-27-21(25)20(29-18)22(31)28-14-4-3-5-26-12-14/h3-5,10-13H,1-2,6-9H2,(H2,25,27)(H,28,31). The zero-order valence-electron chi connectivity index (χ0n) is 17.2. The molecular formula is C22H22F2N6O2. The summed E-state index contributed by atoms with van der Waals surface area (Å²) in [4.78, 5) is 26.7. The highest BCUT2D eigenvalue weighted by atomic mass is 19.1. The number of rotatable bonds is 7. The second-order valence-electron chi connectivity index (χ2n) is 7.34. The van der Waals surface area contributed by atoms with Gasteiger partial charge in [-0.1, -0.05) is 0 Å². The van der Waals surface area contributed by atoms with Crippen molar-refractivity contribution in [3.8, 4) is 17.0 Å². The lowest BCUT2D eigenvalue weighted by Crippen LogP contribution is -2.25. The average molecular weight is 440 g/mol. The summed E-state index contributed by atoms with van der Waals surface area (Å²) in [7, 11) is 0. The van der Waals surface area contributed by atoms with E-state index >= 15 is 0 Å². The van der Waals surface area contributed by atoms with Crippen LogP contribution in [0.3, 0.4) is 0 Å². The number of anilines is 2. The number of aromatic nitrogens is 3. The van der Waals surface area contributed by atoms with E-state index in [0.717, 1.165) is 38.1 Å². The Kier molecular flexibility index (Phi) is 6.50. The number of halogens is 2. The minimum absolute atomic E-state index is 0.0319. The predicted molar refractivity (Wildman–Crippen MR) is 115 cm³/mol. The molecule has 1 aromatic carbocycles. The number of nitrogen functional groups attached to an aromatic ring is 1. The van der Waals surface area contributed by atoms with E-state index in [1.165, 1.54) is 12.4 Å². The van der Waals surface area contributed by atoms with Gasteiger partial charge in [0, 0.05) is 24.4 Å². The predicted octanol–water partition coefficient (Wildman–Crippen LogP) is 3.13. The van der Waals surface area contributed by atoms with Crippen LogP contribution in [0, 0.1) is 11.6 Å². The molecule has 1 fully saturated rings. The fraction of sp³-hybridized carbons (Fsp3) is 0.273. The SMILES string of the molecule is Nc1ncc(-c2cc(F)c(OCCN3CCCC3)cc2F)nc1C(=O)Nc1cccnc1. The first-order valence-electron chi connectivity index (χ1n) is 10.2. The first-order chi connectivity index (χ1) is 15.5. The van der Waals surface area contributed by atoms with Gasteiger partial charge in [-0.15, -0.1) is 0 Å². The van der Waals surface area contributed by atoms with Gasteiger partial charge >= 0.3 is 0 Å². The van der Waals surface area contributed by atoms with Crippen molar-refractivity contribution in [2.45, 2.75) is 12.8 Å². The molecular weight excluding hydrogens is 418 g/mol. The van der Waals surface area contributed by atoms with E-state index in [4.69, 9.17) is 10.5 Å². The summed E-state index contributed by atoms with van der Waals surface area (Å²) in [5.74, 6) is -2.45. The van der Waals surface area contributed by atoms with E-state index in [0.29, 0.717) is 12.2 Å². The molecule has 2 aromatic heterocycles. The molecule has 8 nitrogen and oxygen atoms in total. The topological polar surface area (TPSA) is 106 Å². The fourth-order valence-electron chi connectivity index (χ4n) is 3.45. The lowest BCUT2D eigenvalue weighted by Gasteiger charge is -2.15. The number of carbonyl (C=O) groups is 1. The van der Waals surface area contributed by atoms with E-state index < -0.39 is 17.5 Å². The molecule has 1 amide bonds. The molecule has 166 valence electrons. The van der Waals surface area contributed by atoms with Crippen LogP contribution in [0.1, 0.15) is 23.3 Å². The van der Waals surface area contributed by atoms with Crippen molar-refractivity contribution < 1.29 is 18.3 Å². The summed E-state index contributed by atoms with van der Waals surface area (Å²) in [6, 6.07) is 5.23. The number of likely N-dealkylation sites (tertiary alicyclic amines) is 1. The van der Waals surface area contributed by atoms with Crippen LogP contribution in [-0.2, 0) is 0 Å². The van der Waals surface area contributed by atoms with Crippen molar-refractivity contribution in [2.24, 2.45) is 0 Å². The van der Waals surface area contributed by atoms with E-state index in [9.17, 15) is 13.6 Å². The zero-order valence-corrected chi connectivity index (χ0v) is 17.2. The van der Waals surface area contributed by atoms with E-state index in [1.807, 2.05) is 0 Å². The first kappa shape index (κ1) is 21.6. The molecule has 0 saturated carbocycles. The summed E-state index contributed by atoms with van der Waals surface area (Å²) in [5, 5.41) is 2.58. The molecule has 32 heavy (non-hydrogen) atoms. The molecule has 0 bridgehead atoms. The number of amides is 1. The van der Waals surface area contributed by atoms with Crippen LogP contribution in [0.25, 0.3) is 11.3 Å². The summed E-state index contributed by atoms with van der Waals surface area (Å²) < 4.78 is 34.8. The van der Waals surface area contributed by atoms with E-state index in [-0.39, 0.29) is 35.1 Å². The van der Waals surface area contributed by atoms with Crippen molar-refractivity contribution in [3.05, 3.63) is 60.2 Å². The Morgan fingerprint density at radius 3 is 2.75 bits per heavy atom. The van der Waals surface area contributed by atoms with Crippen molar-refractivity contribution in [2.75, 3.05) is 37.3 Å². The molecule has 0 unspecified atom stereocenters. The second kappa shape index (κ2) is 9.65. The molecule has 0 spiro atoms. The molecule has 1 saturated heterocycles. The van der Waals surface area contributed by atoms with Crippen LogP contribution in [0.4, 0.5) is 20.3 Å². The number of pyridine rings is 1. The molecule has 3 N–H and O–H groups in total. The fourth-order valence-corrected chi connectivity index (χ4v) is 3.45. The summed E-state index contributed by atoms with van der Waals surface area (Å²) >= 11 is 0. The number of carbonyl (C=O) groups excluding carboxylic acids is 1. The molecule has 0 radical (unpaired) electrons. The van der Waals surface area contributed by atoms with Crippen molar-refractivity contribution in [3.63, 3.8) is 0 Å². The van der Waals surface area contributed by atoms with Crippen LogP contribution >= 0.6 is 0 Å². The van der Waals surface area contributed by atoms with E-state index in [2.05, 4.69) is 25.2 Å². The van der Waals surface area contributed by atoms with Crippen molar-refractivity contribution >= 4 is 17.4 Å². The lowest BCUT2D eigenvalue weighted by molar-refractivity contribution is 0.102. The molecule has 0 aliphatic carbocycles. The Labute approximate surface area is 183 Å². The molecule has 10 heteroatoms. The number of hydrogen-bond acceptors (Lipinski definition) is 7. The number of benzene rings is 1. The maximum Gasteiger partial charge on any atom is 0.278 e. The molecule has 4 rings (SSSR count). The maximum atomic E-state index is 14.8. The average Bonchev–Trinajstić information content (AvgIpc) is 3.30. The molecule has 1 aliphatic heterocycles. The quantitative estimate of drug-likeness (QED) is 0.581. The Morgan fingerprint density at radius 2 is 2.00 bits per heavy atom. The Hall–Kier alpha value is -3.66. The Bertz CT molecular complexity index is 1110. The van der Waals surface area contributed by atoms with Crippen molar-refractivity contribution in [1.82, 2.24) is 19.9 Å². The minimum atomic E-state index is -0.750. The largest absolute Gasteiger partial charge is 0.489 e. The highest BCUT2D eigenvalue weighted by Gasteiger charge is 2.19. The highest BCUT2D eigenvalue weighted by Crippen LogP contribution is 2.28. The summed E-state index contributed by atoms with van der Waals surface area (Å²) in [5.41, 5.74) is 5.81. The van der Waals surface area contributed by atoms with Crippen LogP contribution in [0.15, 0.2) is 42.9 Å². The summed E-state index contributed by atoms with van der Waals surface area (Å²) in [6.45, 7) is 2.90. The van der Waals surface area contributed by atoms with Gasteiger partial charge < -0.3 is 15.8 Å². The van der Waals surface area contributed by atoms with Crippen LogP contribution in [0.5, 0.6) is 5.75 Å². The molecule has 1 aliphatic rings. The smallest absolute Gasteiger partial charge is 0.278 e. The normalized spacial score (nSPS) is 13.8. The van der Waals surface area contributed by atoms with Crippen LogP contribution < -0.4 is 15.8 Å². The lowest BCUT2D eigenvalue weighted by atomic mass is 10.1. The van der Waals surface area contributed by atoms with Gasteiger partial charge in [-0.3, -0.25) is 14.7 Å². The maximum absolute atomic E-state index is 14.8. The third-order valence-corrected chi connectivity index (χ3v) is 5.10. The number of nitrogens with two attached hydrogens (primary N) is 1. The number of nitrogens with zero attached hydrogens (tertiary/aromatic N) is 4. The summed E-state index contributed by atoms with van der Waals surface area (Å²) in [6.07, 6.45) is 6.47. The monoisotopic (exact) mass is 440 g/mol. The van der Waals surface area contributed by atoms with Gasteiger partial charge in [0.25, 0.3) is 5.91 Å². The number of nitrogens with one attached hydrogen (secondary N) is 1. The van der Waals surface area contributed by atoms with Gasteiger partial charge in [-0.05, 0) is 44.1 Å². The third kappa shape index (κ3) is 4.97. The third-order valence-electron chi connectivity index (χ3n) is 5.10. The van der Waals surface area contributed by atoms with Crippen LogP contribution in [0.2, 0.25) is 0 Å². The van der Waals surface area contributed by atoms with Gasteiger partial charge in [0.2, 0.25) is 0 Å². The molecule has 3 heterocycles. The van der Waals surface area contributed by atoms with Gasteiger partial charge in [0.1, 0.15) is 12.4 Å². The highest BCUT2D eigenvalue weighted by molar-refractivity contribution is 6.05. The molecule has 3 aromatic rings. The Balaban J connectivity index is 1.52. The van der Waals surface area contributed by atoms with E-state index in [1.54, 1.807) is 18.3 Å². The Morgan fingerprint density at radius 1 is 1.19 bits per heavy atom. The minimum Gasteiger partial charge on any atom is -0.489 e. The van der Waals surface area contributed by atoms with Gasteiger partial charge in [0.05, 0.1) is 23.8 Å². The number of hydrogen-bond donors (Lipinski definition) is 2. The van der Waals surface area contributed by atoms with Crippen LogP contribution in [-0.4, -0.2) is 52.0 Å². The number of ether oxygens (including phenoxy) is 1. The molecule has 0 atom stereocenters. The second-order valence-corrected chi connectivity index (χ2v) is 7.34. The van der Waals surface area contributed by atoms with Gasteiger partial charge in [-0.25, -0.2) is 18.7 Å². The van der Waals surface area contributed by atoms with Gasteiger partial charge in [0.15, 0.2) is 23.1 Å². The van der Waals surface area contributed by atoms with Gasteiger partial charge in [-0.2, -0.15) is 0 Å². The zero-order chi connectivity index (χ0) is 22.5. The first-order valence-corrected chi connectivity index (χ1v) is 10.2.